The summed E-state index contributed by atoms with van der Waals surface area (Å²) < 4.78 is 1.11. The summed E-state index contributed by atoms with van der Waals surface area (Å²) in [5.74, 6) is 1.16. The zero-order valence-electron chi connectivity index (χ0n) is 10.4. The quantitative estimate of drug-likeness (QED) is 0.622. The fourth-order valence-corrected chi connectivity index (χ4v) is 4.03. The van der Waals surface area contributed by atoms with Gasteiger partial charge < -0.3 is 5.32 Å². The summed E-state index contributed by atoms with van der Waals surface area (Å²) in [4.78, 5) is 0. The minimum Gasteiger partial charge on any atom is -0.357 e. The van der Waals surface area contributed by atoms with Gasteiger partial charge in [-0.1, -0.05) is 55.7 Å². The normalized spacial score (nSPS) is 17.2. The molecule has 0 bridgehead atoms. The lowest BCUT2D eigenvalue weighted by molar-refractivity contribution is 0.462. The number of rotatable bonds is 6. The van der Waals surface area contributed by atoms with Gasteiger partial charge in [0.25, 0.3) is 0 Å². The van der Waals surface area contributed by atoms with Crippen LogP contribution in [0, 0.1) is 0 Å². The standard InChI is InChI=1S/C12H21N3S2/c1-2-3-9-16-12-15-14-11(17-12)13-10-7-5-4-6-8-10/h10H,2-9H2,1H3,(H,13,14). The van der Waals surface area contributed by atoms with Crippen LogP contribution >= 0.6 is 23.1 Å². The van der Waals surface area contributed by atoms with Crippen LogP contribution in [0.5, 0.6) is 0 Å². The maximum absolute atomic E-state index is 4.23. The van der Waals surface area contributed by atoms with Gasteiger partial charge in [-0.15, -0.1) is 10.2 Å². The predicted octanol–water partition coefficient (Wildman–Crippen LogP) is 4.17. The van der Waals surface area contributed by atoms with Crippen molar-refractivity contribution in [1.29, 1.82) is 0 Å². The number of anilines is 1. The molecule has 5 heteroatoms. The van der Waals surface area contributed by atoms with E-state index < -0.39 is 0 Å². The largest absolute Gasteiger partial charge is 0.357 e. The highest BCUT2D eigenvalue weighted by atomic mass is 32.2. The molecule has 1 aromatic heterocycles. The van der Waals surface area contributed by atoms with Crippen LogP contribution in [0.15, 0.2) is 4.34 Å². The topological polar surface area (TPSA) is 37.8 Å². The summed E-state index contributed by atoms with van der Waals surface area (Å²) in [7, 11) is 0. The summed E-state index contributed by atoms with van der Waals surface area (Å²) in [5.41, 5.74) is 0. The third-order valence-corrected chi connectivity index (χ3v) is 5.14. The van der Waals surface area contributed by atoms with E-state index in [1.807, 2.05) is 11.8 Å². The van der Waals surface area contributed by atoms with Gasteiger partial charge in [-0.2, -0.15) is 0 Å². The average molecular weight is 271 g/mol. The van der Waals surface area contributed by atoms with Crippen LogP contribution in [0.1, 0.15) is 51.9 Å². The Kier molecular flexibility index (Phi) is 5.58. The molecule has 1 aliphatic rings. The molecular weight excluding hydrogens is 250 g/mol. The first kappa shape index (κ1) is 13.1. The van der Waals surface area contributed by atoms with Crippen LogP contribution in [-0.2, 0) is 0 Å². The molecule has 0 spiro atoms. The monoisotopic (exact) mass is 271 g/mol. The molecule has 17 heavy (non-hydrogen) atoms. The third kappa shape index (κ3) is 4.47. The van der Waals surface area contributed by atoms with Crippen LogP contribution in [-0.4, -0.2) is 22.0 Å². The van der Waals surface area contributed by atoms with Gasteiger partial charge in [0.05, 0.1) is 0 Å². The van der Waals surface area contributed by atoms with Crippen molar-refractivity contribution in [3.05, 3.63) is 0 Å². The van der Waals surface area contributed by atoms with Crippen molar-refractivity contribution in [2.45, 2.75) is 62.3 Å². The number of nitrogens with one attached hydrogen (secondary N) is 1. The minimum absolute atomic E-state index is 0.630. The fraction of sp³-hybridized carbons (Fsp3) is 0.833. The number of hydrogen-bond acceptors (Lipinski definition) is 5. The molecule has 96 valence electrons. The van der Waals surface area contributed by atoms with Crippen LogP contribution in [0.4, 0.5) is 5.13 Å². The fourth-order valence-electron chi connectivity index (χ4n) is 2.05. The van der Waals surface area contributed by atoms with E-state index in [2.05, 4.69) is 22.4 Å². The Morgan fingerprint density at radius 2 is 2.12 bits per heavy atom. The number of thioether (sulfide) groups is 1. The molecule has 1 saturated carbocycles. The lowest BCUT2D eigenvalue weighted by Crippen LogP contribution is -2.21. The van der Waals surface area contributed by atoms with Crippen LogP contribution < -0.4 is 5.32 Å². The van der Waals surface area contributed by atoms with Gasteiger partial charge >= 0.3 is 0 Å². The molecule has 2 rings (SSSR count). The average Bonchev–Trinajstić information content (AvgIpc) is 2.79. The van der Waals surface area contributed by atoms with Gasteiger partial charge in [0.15, 0.2) is 4.34 Å². The van der Waals surface area contributed by atoms with Crippen LogP contribution in [0.3, 0.4) is 0 Å². The minimum atomic E-state index is 0.630. The summed E-state index contributed by atoms with van der Waals surface area (Å²) in [6.45, 7) is 2.22. The van der Waals surface area contributed by atoms with Crippen molar-refractivity contribution in [3.63, 3.8) is 0 Å². The van der Waals surface area contributed by atoms with Gasteiger partial charge in [-0.05, 0) is 19.3 Å². The Hall–Kier alpha value is -0.290. The van der Waals surface area contributed by atoms with E-state index in [-0.39, 0.29) is 0 Å². The van der Waals surface area contributed by atoms with Crippen molar-refractivity contribution in [3.8, 4) is 0 Å². The predicted molar refractivity (Wildman–Crippen MR) is 76.0 cm³/mol. The zero-order chi connectivity index (χ0) is 11.9. The summed E-state index contributed by atoms with van der Waals surface area (Å²) in [6.07, 6.45) is 9.19. The molecular formula is C12H21N3S2. The zero-order valence-corrected chi connectivity index (χ0v) is 12.1. The van der Waals surface area contributed by atoms with Crippen molar-refractivity contribution in [1.82, 2.24) is 10.2 Å². The van der Waals surface area contributed by atoms with Crippen LogP contribution in [0.25, 0.3) is 0 Å². The Morgan fingerprint density at radius 1 is 1.29 bits per heavy atom. The van der Waals surface area contributed by atoms with Gasteiger partial charge in [0, 0.05) is 11.8 Å². The number of nitrogens with zero attached hydrogens (tertiary/aromatic N) is 2. The molecule has 0 unspecified atom stereocenters. The molecule has 0 atom stereocenters. The van der Waals surface area contributed by atoms with E-state index in [4.69, 9.17) is 0 Å². The lowest BCUT2D eigenvalue weighted by atomic mass is 9.96. The number of aromatic nitrogens is 2. The third-order valence-electron chi connectivity index (χ3n) is 3.06. The Morgan fingerprint density at radius 3 is 2.88 bits per heavy atom. The first-order valence-corrected chi connectivity index (χ1v) is 8.41. The Balaban J connectivity index is 1.76. The SMILES string of the molecule is CCCCSc1nnc(NC2CCCCC2)s1. The van der Waals surface area contributed by atoms with Crippen molar-refractivity contribution in [2.75, 3.05) is 11.1 Å². The smallest absolute Gasteiger partial charge is 0.206 e. The lowest BCUT2D eigenvalue weighted by Gasteiger charge is -2.21. The number of unbranched alkanes of at least 4 members (excludes halogenated alkanes) is 1. The molecule has 0 saturated heterocycles. The molecule has 1 aliphatic carbocycles. The van der Waals surface area contributed by atoms with Gasteiger partial charge in [0.2, 0.25) is 5.13 Å². The van der Waals surface area contributed by atoms with Crippen molar-refractivity contribution in [2.24, 2.45) is 0 Å². The van der Waals surface area contributed by atoms with Crippen molar-refractivity contribution >= 4 is 28.2 Å². The molecule has 1 N–H and O–H groups in total. The van der Waals surface area contributed by atoms with Crippen molar-refractivity contribution < 1.29 is 0 Å². The first-order chi connectivity index (χ1) is 8.38. The maximum atomic E-state index is 4.23. The highest BCUT2D eigenvalue weighted by Gasteiger charge is 2.14. The molecule has 0 amide bonds. The highest BCUT2D eigenvalue weighted by molar-refractivity contribution is 8.01. The molecule has 0 aliphatic heterocycles. The Bertz CT molecular complexity index is 321. The van der Waals surface area contributed by atoms with Gasteiger partial charge in [-0.25, -0.2) is 0 Å². The molecule has 1 heterocycles. The molecule has 0 radical (unpaired) electrons. The van der Waals surface area contributed by atoms with E-state index in [0.717, 1.165) is 15.2 Å². The van der Waals surface area contributed by atoms with Gasteiger partial charge in [0.1, 0.15) is 0 Å². The van der Waals surface area contributed by atoms with E-state index in [9.17, 15) is 0 Å². The highest BCUT2D eigenvalue weighted by Crippen LogP contribution is 2.28. The summed E-state index contributed by atoms with van der Waals surface area (Å²) in [6, 6.07) is 0.630. The first-order valence-electron chi connectivity index (χ1n) is 6.61. The second-order valence-corrected chi connectivity index (χ2v) is 6.87. The maximum Gasteiger partial charge on any atom is 0.206 e. The second-order valence-electron chi connectivity index (χ2n) is 4.55. The summed E-state index contributed by atoms with van der Waals surface area (Å²) >= 11 is 3.54. The number of hydrogen-bond donors (Lipinski definition) is 1. The molecule has 1 fully saturated rings. The summed E-state index contributed by atoms with van der Waals surface area (Å²) in [5, 5.41) is 13.0. The van der Waals surface area contributed by atoms with E-state index in [1.54, 1.807) is 11.3 Å². The van der Waals surface area contributed by atoms with Crippen LogP contribution in [0.2, 0.25) is 0 Å². The second kappa shape index (κ2) is 7.21. The molecule has 3 nitrogen and oxygen atoms in total. The van der Waals surface area contributed by atoms with E-state index >= 15 is 0 Å². The molecule has 0 aromatic carbocycles. The van der Waals surface area contributed by atoms with E-state index in [0.29, 0.717) is 6.04 Å². The van der Waals surface area contributed by atoms with Gasteiger partial charge in [-0.3, -0.25) is 0 Å². The Labute approximate surface area is 112 Å². The molecule has 1 aromatic rings. The van der Waals surface area contributed by atoms with E-state index in [1.165, 1.54) is 44.9 Å².